The normalized spacial score (nSPS) is 12.1. The molecule has 0 fully saturated rings. The molecule has 0 aliphatic carbocycles. The van der Waals surface area contributed by atoms with E-state index in [1.54, 1.807) is 0 Å². The zero-order chi connectivity index (χ0) is 13.4. The average molecular weight is 268 g/mol. The largest absolute Gasteiger partial charge is 0.326 e. The predicted molar refractivity (Wildman–Crippen MR) is 76.0 cm³/mol. The lowest BCUT2D eigenvalue weighted by molar-refractivity contribution is -0.114. The van der Waals surface area contributed by atoms with Crippen LogP contribution in [0.25, 0.3) is 0 Å². The van der Waals surface area contributed by atoms with Crippen LogP contribution in [-0.4, -0.2) is 28.2 Å². The zero-order valence-corrected chi connectivity index (χ0v) is 11.7. The molecule has 0 spiro atoms. The second-order valence-electron chi connectivity index (χ2n) is 3.99. The number of carbonyl (C=O) groups excluding carboxylic acids is 1. The number of hydrogen-bond donors (Lipinski definition) is 2. The molecule has 0 saturated carbocycles. The fraction of sp³-hybridized carbons (Fsp3) is 0.462. The van der Waals surface area contributed by atoms with Crippen molar-refractivity contribution in [2.45, 2.75) is 20.4 Å². The molecule has 5 heteroatoms. The number of amides is 1. The van der Waals surface area contributed by atoms with Gasteiger partial charge < -0.3 is 10.6 Å². The zero-order valence-electron chi connectivity index (χ0n) is 10.9. The van der Waals surface area contributed by atoms with E-state index in [0.29, 0.717) is 11.5 Å². The van der Waals surface area contributed by atoms with Gasteiger partial charge in [0.1, 0.15) is 0 Å². The maximum atomic E-state index is 11.2. The Morgan fingerprint density at radius 3 is 2.50 bits per heavy atom. The summed E-state index contributed by atoms with van der Waals surface area (Å²) in [6.07, 6.45) is 0. The van der Waals surface area contributed by atoms with Crippen LogP contribution in [0.5, 0.6) is 0 Å². The van der Waals surface area contributed by atoms with Gasteiger partial charge >= 0.3 is 0 Å². The summed E-state index contributed by atoms with van der Waals surface area (Å²) in [6, 6.07) is 7.69. The van der Waals surface area contributed by atoms with E-state index in [-0.39, 0.29) is 5.91 Å². The highest BCUT2D eigenvalue weighted by atomic mass is 32.2. The van der Waals surface area contributed by atoms with E-state index in [1.165, 1.54) is 6.92 Å². The van der Waals surface area contributed by atoms with Gasteiger partial charge in [-0.05, 0) is 17.7 Å². The van der Waals surface area contributed by atoms with E-state index in [4.69, 9.17) is 0 Å². The van der Waals surface area contributed by atoms with Crippen LogP contribution in [0.15, 0.2) is 24.3 Å². The van der Waals surface area contributed by atoms with Gasteiger partial charge in [-0.1, -0.05) is 19.1 Å². The Balaban J connectivity index is 2.31. The van der Waals surface area contributed by atoms with Crippen molar-refractivity contribution in [2.24, 2.45) is 0 Å². The lowest BCUT2D eigenvalue weighted by Crippen LogP contribution is -2.20. The van der Waals surface area contributed by atoms with Gasteiger partial charge in [0.05, 0.1) is 0 Å². The van der Waals surface area contributed by atoms with Crippen LogP contribution < -0.4 is 10.6 Å². The first kappa shape index (κ1) is 14.9. The SMILES string of the molecule is CCS(=O)CCNCc1ccc(NC(C)=O)cc1. The van der Waals surface area contributed by atoms with Crippen LogP contribution in [0.1, 0.15) is 19.4 Å². The third-order valence-electron chi connectivity index (χ3n) is 2.43. The molecular formula is C13H20N2O2S. The van der Waals surface area contributed by atoms with Crippen molar-refractivity contribution in [1.29, 1.82) is 0 Å². The molecule has 100 valence electrons. The molecule has 0 bridgehead atoms. The van der Waals surface area contributed by atoms with Gasteiger partial charge in [-0.15, -0.1) is 0 Å². The van der Waals surface area contributed by atoms with Gasteiger partial charge in [0, 0.05) is 48.0 Å². The minimum atomic E-state index is -0.705. The monoisotopic (exact) mass is 268 g/mol. The minimum Gasteiger partial charge on any atom is -0.326 e. The Morgan fingerprint density at radius 1 is 1.28 bits per heavy atom. The lowest BCUT2D eigenvalue weighted by Gasteiger charge is -2.06. The van der Waals surface area contributed by atoms with Crippen LogP contribution in [0.4, 0.5) is 5.69 Å². The van der Waals surface area contributed by atoms with Crippen molar-refractivity contribution in [3.05, 3.63) is 29.8 Å². The van der Waals surface area contributed by atoms with Crippen molar-refractivity contribution in [3.63, 3.8) is 0 Å². The molecule has 1 unspecified atom stereocenters. The van der Waals surface area contributed by atoms with Crippen molar-refractivity contribution < 1.29 is 9.00 Å². The maximum Gasteiger partial charge on any atom is 0.221 e. The Morgan fingerprint density at radius 2 is 1.94 bits per heavy atom. The highest BCUT2D eigenvalue weighted by Crippen LogP contribution is 2.09. The molecule has 0 radical (unpaired) electrons. The number of benzene rings is 1. The van der Waals surface area contributed by atoms with Crippen molar-refractivity contribution in [3.8, 4) is 0 Å². The summed E-state index contributed by atoms with van der Waals surface area (Å²) in [7, 11) is -0.705. The van der Waals surface area contributed by atoms with Crippen LogP contribution in [0, 0.1) is 0 Å². The molecule has 0 aliphatic heterocycles. The van der Waals surface area contributed by atoms with Gasteiger partial charge in [-0.2, -0.15) is 0 Å². The number of anilines is 1. The van der Waals surface area contributed by atoms with Gasteiger partial charge in [0.25, 0.3) is 0 Å². The van der Waals surface area contributed by atoms with Gasteiger partial charge in [0.15, 0.2) is 0 Å². The summed E-state index contributed by atoms with van der Waals surface area (Å²) in [6.45, 7) is 4.93. The number of rotatable bonds is 7. The first-order chi connectivity index (χ1) is 8.61. The highest BCUT2D eigenvalue weighted by molar-refractivity contribution is 7.84. The Kier molecular flexibility index (Phi) is 6.60. The number of nitrogens with one attached hydrogen (secondary N) is 2. The minimum absolute atomic E-state index is 0.0667. The van der Waals surface area contributed by atoms with Gasteiger partial charge in [-0.3, -0.25) is 9.00 Å². The number of hydrogen-bond acceptors (Lipinski definition) is 3. The summed E-state index contributed by atoms with van der Waals surface area (Å²) in [5.41, 5.74) is 1.95. The van der Waals surface area contributed by atoms with Gasteiger partial charge in [-0.25, -0.2) is 0 Å². The van der Waals surface area contributed by atoms with Crippen LogP contribution in [0.3, 0.4) is 0 Å². The number of carbonyl (C=O) groups is 1. The molecule has 4 nitrogen and oxygen atoms in total. The Hall–Kier alpha value is -1.20. The molecule has 1 aromatic carbocycles. The summed E-state index contributed by atoms with van der Waals surface area (Å²) in [5.74, 6) is 1.34. The molecule has 0 aromatic heterocycles. The Bertz CT molecular complexity index is 404. The second kappa shape index (κ2) is 8.00. The fourth-order valence-electron chi connectivity index (χ4n) is 1.47. The summed E-state index contributed by atoms with van der Waals surface area (Å²) >= 11 is 0. The molecule has 18 heavy (non-hydrogen) atoms. The standard InChI is InChI=1S/C13H20N2O2S/c1-3-18(17)9-8-14-10-12-4-6-13(7-5-12)15-11(2)16/h4-7,14H,3,8-10H2,1-2H3,(H,15,16). The molecule has 1 aromatic rings. The van der Waals surface area contributed by atoms with Crippen molar-refractivity contribution in [2.75, 3.05) is 23.4 Å². The third-order valence-corrected chi connectivity index (χ3v) is 3.74. The summed E-state index contributed by atoms with van der Waals surface area (Å²) in [5, 5.41) is 5.97. The predicted octanol–water partition coefficient (Wildman–Crippen LogP) is 1.50. The molecule has 0 aliphatic rings. The third kappa shape index (κ3) is 5.93. The molecule has 1 rings (SSSR count). The van der Waals surface area contributed by atoms with E-state index >= 15 is 0 Å². The average Bonchev–Trinajstić information content (AvgIpc) is 2.35. The summed E-state index contributed by atoms with van der Waals surface area (Å²) in [4.78, 5) is 10.8. The van der Waals surface area contributed by atoms with Crippen molar-refractivity contribution >= 4 is 22.4 Å². The Labute approximate surface area is 111 Å². The first-order valence-electron chi connectivity index (χ1n) is 6.04. The quantitative estimate of drug-likeness (QED) is 0.737. The summed E-state index contributed by atoms with van der Waals surface area (Å²) < 4.78 is 11.2. The molecule has 2 N–H and O–H groups in total. The van der Waals surface area contributed by atoms with E-state index in [9.17, 15) is 9.00 Å². The second-order valence-corrected chi connectivity index (χ2v) is 5.85. The molecule has 1 amide bonds. The van der Waals surface area contributed by atoms with E-state index in [1.807, 2.05) is 31.2 Å². The van der Waals surface area contributed by atoms with Crippen LogP contribution in [0.2, 0.25) is 0 Å². The highest BCUT2D eigenvalue weighted by Gasteiger charge is 1.98. The van der Waals surface area contributed by atoms with Crippen LogP contribution in [-0.2, 0) is 22.1 Å². The fourth-order valence-corrected chi connectivity index (χ4v) is 2.13. The molecular weight excluding hydrogens is 248 g/mol. The molecule has 0 saturated heterocycles. The topological polar surface area (TPSA) is 58.2 Å². The smallest absolute Gasteiger partial charge is 0.221 e. The van der Waals surface area contributed by atoms with Gasteiger partial charge in [0.2, 0.25) is 5.91 Å². The van der Waals surface area contributed by atoms with E-state index in [0.717, 1.165) is 24.3 Å². The molecule has 0 heterocycles. The van der Waals surface area contributed by atoms with Crippen molar-refractivity contribution in [1.82, 2.24) is 5.32 Å². The van der Waals surface area contributed by atoms with E-state index < -0.39 is 10.8 Å². The maximum absolute atomic E-state index is 11.2. The first-order valence-corrected chi connectivity index (χ1v) is 7.53. The molecule has 1 atom stereocenters. The van der Waals surface area contributed by atoms with Crippen LogP contribution >= 0.6 is 0 Å². The lowest BCUT2D eigenvalue weighted by atomic mass is 10.2. The van der Waals surface area contributed by atoms with E-state index in [2.05, 4.69) is 10.6 Å².